The highest BCUT2D eigenvalue weighted by molar-refractivity contribution is 6.04. The summed E-state index contributed by atoms with van der Waals surface area (Å²) >= 11 is 0. The Labute approximate surface area is 93.7 Å². The van der Waals surface area contributed by atoms with Gasteiger partial charge in [-0.25, -0.2) is 0 Å². The number of rotatable bonds is 0. The summed E-state index contributed by atoms with van der Waals surface area (Å²) < 4.78 is 5.37. The molecule has 0 spiro atoms. The lowest BCUT2D eigenvalue weighted by molar-refractivity contribution is -0.113. The van der Waals surface area contributed by atoms with Gasteiger partial charge in [-0.05, 0) is 49.3 Å². The molecule has 0 fully saturated rings. The van der Waals surface area contributed by atoms with E-state index in [1.54, 1.807) is 6.08 Å². The SMILES string of the molecule is CC1=CC(=C2C=CC(=O)C(O)=C2)C=C(C)O1. The highest BCUT2D eigenvalue weighted by Crippen LogP contribution is 2.24. The van der Waals surface area contributed by atoms with Crippen LogP contribution in [-0.2, 0) is 9.53 Å². The van der Waals surface area contributed by atoms with Gasteiger partial charge in [0.25, 0.3) is 0 Å². The molecule has 1 N–H and O–H groups in total. The second kappa shape index (κ2) is 3.85. The van der Waals surface area contributed by atoms with Crippen molar-refractivity contribution >= 4 is 5.78 Å². The molecule has 0 aromatic heterocycles. The number of carbonyl (C=O) groups is 1. The fraction of sp³-hybridized carbons (Fsp3) is 0.154. The van der Waals surface area contributed by atoms with Crippen molar-refractivity contribution in [2.45, 2.75) is 13.8 Å². The molecule has 16 heavy (non-hydrogen) atoms. The topological polar surface area (TPSA) is 46.5 Å². The fourth-order valence-electron chi connectivity index (χ4n) is 1.66. The first kappa shape index (κ1) is 10.5. The molecule has 1 aliphatic carbocycles. The fourth-order valence-corrected chi connectivity index (χ4v) is 1.66. The van der Waals surface area contributed by atoms with Gasteiger partial charge >= 0.3 is 0 Å². The highest BCUT2D eigenvalue weighted by Gasteiger charge is 2.13. The first-order valence-corrected chi connectivity index (χ1v) is 4.98. The summed E-state index contributed by atoms with van der Waals surface area (Å²) in [5.41, 5.74) is 1.73. The number of hydrogen-bond acceptors (Lipinski definition) is 3. The zero-order valence-electron chi connectivity index (χ0n) is 9.15. The van der Waals surface area contributed by atoms with Gasteiger partial charge in [-0.15, -0.1) is 0 Å². The molecule has 0 radical (unpaired) electrons. The number of carbonyl (C=O) groups excluding carboxylic acids is 1. The summed E-state index contributed by atoms with van der Waals surface area (Å²) in [7, 11) is 0. The molecule has 2 aliphatic rings. The Bertz CT molecular complexity index is 479. The van der Waals surface area contributed by atoms with Gasteiger partial charge in [0, 0.05) is 0 Å². The van der Waals surface area contributed by atoms with E-state index in [2.05, 4.69) is 0 Å². The standard InChI is InChI=1S/C13H12O3/c1-8-5-11(6-9(2)16-8)10-3-4-12(14)13(15)7-10/h3-7,15H,1-2H3. The first-order valence-electron chi connectivity index (χ1n) is 4.98. The highest BCUT2D eigenvalue weighted by atomic mass is 16.5. The predicted molar refractivity (Wildman–Crippen MR) is 60.5 cm³/mol. The van der Waals surface area contributed by atoms with Gasteiger partial charge < -0.3 is 9.84 Å². The van der Waals surface area contributed by atoms with E-state index in [4.69, 9.17) is 4.74 Å². The van der Waals surface area contributed by atoms with E-state index >= 15 is 0 Å². The lowest BCUT2D eigenvalue weighted by atomic mass is 9.99. The van der Waals surface area contributed by atoms with Crippen molar-refractivity contribution in [3.05, 3.63) is 58.8 Å². The van der Waals surface area contributed by atoms with E-state index in [9.17, 15) is 9.90 Å². The van der Waals surface area contributed by atoms with Gasteiger partial charge in [-0.2, -0.15) is 0 Å². The summed E-state index contributed by atoms with van der Waals surface area (Å²) in [5.74, 6) is 0.993. The van der Waals surface area contributed by atoms with Crippen molar-refractivity contribution in [2.75, 3.05) is 0 Å². The maximum atomic E-state index is 11.1. The molecule has 0 amide bonds. The maximum Gasteiger partial charge on any atom is 0.220 e. The van der Waals surface area contributed by atoms with Crippen LogP contribution in [0.2, 0.25) is 0 Å². The largest absolute Gasteiger partial charge is 0.504 e. The van der Waals surface area contributed by atoms with E-state index in [-0.39, 0.29) is 11.5 Å². The maximum absolute atomic E-state index is 11.1. The quantitative estimate of drug-likeness (QED) is 0.677. The molecule has 0 saturated heterocycles. The summed E-state index contributed by atoms with van der Waals surface area (Å²) in [6.07, 6.45) is 8.25. The van der Waals surface area contributed by atoms with Crippen LogP contribution in [0.3, 0.4) is 0 Å². The predicted octanol–water partition coefficient (Wildman–Crippen LogP) is 2.70. The minimum absolute atomic E-state index is 0.228. The number of ketones is 1. The van der Waals surface area contributed by atoms with Crippen LogP contribution in [-0.4, -0.2) is 10.9 Å². The Morgan fingerprint density at radius 1 is 1.00 bits per heavy atom. The van der Waals surface area contributed by atoms with Crippen molar-refractivity contribution in [2.24, 2.45) is 0 Å². The first-order chi connectivity index (χ1) is 7.56. The van der Waals surface area contributed by atoms with Gasteiger partial charge in [-0.1, -0.05) is 6.08 Å². The average molecular weight is 216 g/mol. The van der Waals surface area contributed by atoms with Crippen LogP contribution in [0, 0.1) is 0 Å². The van der Waals surface area contributed by atoms with E-state index in [0.717, 1.165) is 22.7 Å². The minimum Gasteiger partial charge on any atom is -0.504 e. The second-order valence-electron chi connectivity index (χ2n) is 3.75. The number of ether oxygens (including phenoxy) is 1. The third kappa shape index (κ3) is 1.98. The normalized spacial score (nSPS) is 20.1. The number of aliphatic hydroxyl groups is 1. The van der Waals surface area contributed by atoms with Gasteiger partial charge in [0.2, 0.25) is 5.78 Å². The molecule has 1 aliphatic heterocycles. The molecule has 0 atom stereocenters. The molecule has 0 unspecified atom stereocenters. The van der Waals surface area contributed by atoms with Crippen LogP contribution in [0.15, 0.2) is 58.8 Å². The summed E-state index contributed by atoms with van der Waals surface area (Å²) in [6.45, 7) is 3.72. The smallest absolute Gasteiger partial charge is 0.220 e. The van der Waals surface area contributed by atoms with Crippen LogP contribution >= 0.6 is 0 Å². The molecule has 82 valence electrons. The van der Waals surface area contributed by atoms with Crippen LogP contribution in [0.25, 0.3) is 0 Å². The number of aliphatic hydroxyl groups excluding tert-OH is 1. The molecule has 0 bridgehead atoms. The van der Waals surface area contributed by atoms with E-state index in [0.29, 0.717) is 0 Å². The summed E-state index contributed by atoms with van der Waals surface area (Å²) in [5, 5.41) is 9.36. The second-order valence-corrected chi connectivity index (χ2v) is 3.75. The lowest BCUT2D eigenvalue weighted by Gasteiger charge is -2.14. The Morgan fingerprint density at radius 2 is 1.62 bits per heavy atom. The average Bonchev–Trinajstić information content (AvgIpc) is 2.20. The van der Waals surface area contributed by atoms with Crippen molar-refractivity contribution in [1.82, 2.24) is 0 Å². The van der Waals surface area contributed by atoms with Gasteiger partial charge in [0.05, 0.1) is 0 Å². The number of allylic oxidation sites excluding steroid dienone is 9. The van der Waals surface area contributed by atoms with Crippen molar-refractivity contribution in [3.8, 4) is 0 Å². The molecule has 0 aromatic carbocycles. The Kier molecular flexibility index (Phi) is 2.52. The van der Waals surface area contributed by atoms with Crippen molar-refractivity contribution in [3.63, 3.8) is 0 Å². The van der Waals surface area contributed by atoms with Gasteiger partial charge in [-0.3, -0.25) is 4.79 Å². The van der Waals surface area contributed by atoms with Crippen molar-refractivity contribution < 1.29 is 14.6 Å². The van der Waals surface area contributed by atoms with Crippen molar-refractivity contribution in [1.29, 1.82) is 0 Å². The third-order valence-corrected chi connectivity index (χ3v) is 2.33. The summed E-state index contributed by atoms with van der Waals surface area (Å²) in [6, 6.07) is 0. The zero-order chi connectivity index (χ0) is 11.7. The van der Waals surface area contributed by atoms with Crippen LogP contribution < -0.4 is 0 Å². The Morgan fingerprint density at radius 3 is 2.19 bits per heavy atom. The van der Waals surface area contributed by atoms with E-state index < -0.39 is 0 Å². The molecule has 0 saturated carbocycles. The van der Waals surface area contributed by atoms with Gasteiger partial charge in [0.15, 0.2) is 5.76 Å². The summed E-state index contributed by atoms with van der Waals surface area (Å²) in [4.78, 5) is 11.1. The molecular formula is C13H12O3. The minimum atomic E-state index is -0.363. The van der Waals surface area contributed by atoms with Crippen LogP contribution in [0.4, 0.5) is 0 Å². The monoisotopic (exact) mass is 216 g/mol. The van der Waals surface area contributed by atoms with Crippen LogP contribution in [0.5, 0.6) is 0 Å². The molecule has 3 nitrogen and oxygen atoms in total. The van der Waals surface area contributed by atoms with E-state index in [1.807, 2.05) is 26.0 Å². The number of hydrogen-bond donors (Lipinski definition) is 1. The molecule has 1 heterocycles. The molecule has 3 heteroatoms. The van der Waals surface area contributed by atoms with Gasteiger partial charge in [0.1, 0.15) is 11.5 Å². The third-order valence-electron chi connectivity index (χ3n) is 2.33. The molecule has 0 aromatic rings. The Balaban J connectivity index is 2.47. The lowest BCUT2D eigenvalue weighted by Crippen LogP contribution is -2.04. The van der Waals surface area contributed by atoms with E-state index in [1.165, 1.54) is 12.2 Å². The Hall–Kier alpha value is -2.03. The van der Waals surface area contributed by atoms with Crippen LogP contribution in [0.1, 0.15) is 13.8 Å². The zero-order valence-corrected chi connectivity index (χ0v) is 9.15. The molecular weight excluding hydrogens is 204 g/mol. The molecule has 2 rings (SSSR count).